The van der Waals surface area contributed by atoms with E-state index in [1.165, 1.54) is 28.1 Å². The maximum atomic E-state index is 10.5. The Hall–Kier alpha value is -2.60. The zero-order valence-corrected chi connectivity index (χ0v) is 29.5. The number of aliphatic carboxylic acids is 1. The van der Waals surface area contributed by atoms with Crippen LogP contribution in [0, 0.1) is 11.3 Å². The number of hydrogen-bond acceptors (Lipinski definition) is 4. The zero-order chi connectivity index (χ0) is 33.9. The molecule has 0 saturated carbocycles. The first kappa shape index (κ1) is 40.4. The molecule has 0 fully saturated rings. The van der Waals surface area contributed by atoms with Crippen molar-refractivity contribution in [3.63, 3.8) is 0 Å². The van der Waals surface area contributed by atoms with Gasteiger partial charge in [0.05, 0.1) is 6.07 Å². The Labute approximate surface area is 282 Å². The van der Waals surface area contributed by atoms with Crippen molar-refractivity contribution in [1.29, 1.82) is 5.26 Å². The summed E-state index contributed by atoms with van der Waals surface area (Å²) >= 11 is 2.22. The second-order valence-electron chi connectivity index (χ2n) is 10.2. The summed E-state index contributed by atoms with van der Waals surface area (Å²) in [5, 5.41) is 21.9. The van der Waals surface area contributed by atoms with E-state index in [1.807, 2.05) is 0 Å². The third kappa shape index (κ3) is 15.0. The average molecular weight is 765 g/mol. The summed E-state index contributed by atoms with van der Waals surface area (Å²) in [6, 6.07) is 46.1. The molecule has 0 spiro atoms. The standard InChI is InChI=1S/C30H33NP2.C2HF3O2.C2H3N.ClH.Pd/c1-30(2,3)31(24-32(26-16-8-4-9-17-26)27-18-10-5-11-19-27)25-33(28-20-12-6-13-21-28)29-22-14-7-15-23-29;3-2(4,5)1(6)7;1-2-3;;/h4-23H,24-25H2,1-3H3;(H,6,7);1H3;1H;/q;;;;+2/p-2. The van der Waals surface area contributed by atoms with Gasteiger partial charge in [-0.2, -0.15) is 18.4 Å². The van der Waals surface area contributed by atoms with Crippen molar-refractivity contribution in [3.8, 4) is 6.07 Å². The number of carboxylic acid groups (broad SMARTS) is 1. The summed E-state index contributed by atoms with van der Waals surface area (Å²) < 4.78 is 31.5. The number of carbonyl (C=O) groups is 1. The van der Waals surface area contributed by atoms with Gasteiger partial charge in [0.2, 0.25) is 0 Å². The Bertz CT molecular complexity index is 1240. The van der Waals surface area contributed by atoms with Crippen LogP contribution in [-0.4, -0.2) is 35.2 Å². The number of hydrogen-bond donors (Lipinski definition) is 0. The first-order valence-corrected chi connectivity index (χ1v) is 18.6. The number of rotatable bonds is 8. The molecule has 0 amide bonds. The van der Waals surface area contributed by atoms with Gasteiger partial charge in [-0.05, 0) is 57.8 Å². The van der Waals surface area contributed by atoms with Crippen molar-refractivity contribution in [3.05, 3.63) is 121 Å². The number of alkyl halides is 3. The van der Waals surface area contributed by atoms with Crippen LogP contribution >= 0.6 is 25.4 Å². The van der Waals surface area contributed by atoms with Crippen LogP contribution in [0.3, 0.4) is 0 Å². The maximum absolute atomic E-state index is 10.5. The molecule has 0 aromatic heterocycles. The van der Waals surface area contributed by atoms with Crippen LogP contribution in [0.15, 0.2) is 121 Å². The van der Waals surface area contributed by atoms with Crippen LogP contribution in [-0.2, 0) is 23.0 Å². The number of carbonyl (C=O) groups excluding carboxylic acids is 1. The molecule has 0 aliphatic carbocycles. The van der Waals surface area contributed by atoms with E-state index in [9.17, 15) is 13.2 Å². The Morgan fingerprint density at radius 3 is 1.07 bits per heavy atom. The van der Waals surface area contributed by atoms with Gasteiger partial charge in [0.15, 0.2) is 0 Å². The number of nitrogens with zero attached hydrogens (tertiary/aromatic N) is 2. The van der Waals surface area contributed by atoms with E-state index in [0.29, 0.717) is 0 Å². The van der Waals surface area contributed by atoms with Gasteiger partial charge in [-0.3, -0.25) is 4.90 Å². The summed E-state index contributed by atoms with van der Waals surface area (Å²) in [4.78, 5) is 11.5. The quantitative estimate of drug-likeness (QED) is 0.147. The van der Waals surface area contributed by atoms with Crippen LogP contribution in [0.4, 0.5) is 13.2 Å². The summed E-state index contributed by atoms with van der Waals surface area (Å²) in [6.45, 7) is 8.51. The molecule has 45 heavy (non-hydrogen) atoms. The first-order chi connectivity index (χ1) is 21.4. The van der Waals surface area contributed by atoms with Crippen molar-refractivity contribution >= 4 is 52.6 Å². The van der Waals surface area contributed by atoms with E-state index >= 15 is 0 Å². The van der Waals surface area contributed by atoms with E-state index in [0.717, 1.165) is 12.6 Å². The second kappa shape index (κ2) is 21.2. The summed E-state index contributed by atoms with van der Waals surface area (Å²) in [7, 11) is 3.52. The van der Waals surface area contributed by atoms with Crippen LogP contribution in [0.1, 0.15) is 27.7 Å². The predicted molar refractivity (Wildman–Crippen MR) is 178 cm³/mol. The summed E-state index contributed by atoms with van der Waals surface area (Å²) in [6.07, 6.45) is -3.10. The SMILES string of the molecule is CC#N.CC(C)(C)N(CP(c1ccccc1)c1ccccc1)CP(c1ccccc1)c1ccccc1.O=C([O-])C(F)(F)F.[Cl][Pd+]. The first-order valence-electron chi connectivity index (χ1n) is 13.6. The van der Waals surface area contributed by atoms with Gasteiger partial charge in [0, 0.05) is 25.0 Å². The molecule has 0 aliphatic rings. The van der Waals surface area contributed by atoms with Crippen molar-refractivity contribution in [2.75, 3.05) is 12.6 Å². The number of halogens is 4. The Morgan fingerprint density at radius 1 is 0.711 bits per heavy atom. The van der Waals surface area contributed by atoms with Gasteiger partial charge in [-0.25, -0.2) is 0 Å². The third-order valence-electron chi connectivity index (χ3n) is 6.08. The predicted octanol–water partition coefficient (Wildman–Crippen LogP) is 6.78. The molecule has 0 N–H and O–H groups in total. The van der Waals surface area contributed by atoms with Crippen molar-refractivity contribution in [1.82, 2.24) is 4.90 Å². The molecule has 0 aliphatic heterocycles. The van der Waals surface area contributed by atoms with E-state index in [1.54, 1.807) is 6.07 Å². The Kier molecular flexibility index (Phi) is 19.1. The number of benzene rings is 4. The average Bonchev–Trinajstić information content (AvgIpc) is 3.03. The summed E-state index contributed by atoms with van der Waals surface area (Å²) in [5.74, 6) is -3.01. The molecule has 4 aromatic rings. The topological polar surface area (TPSA) is 67.2 Å². The number of carboxylic acids is 1. The molecule has 0 heterocycles. The summed E-state index contributed by atoms with van der Waals surface area (Å²) in [5.41, 5.74) is 0.0638. The van der Waals surface area contributed by atoms with Crippen LogP contribution < -0.4 is 26.3 Å². The van der Waals surface area contributed by atoms with E-state index < -0.39 is 28.0 Å². The molecule has 4 rings (SSSR count). The molecular weight excluding hydrogens is 729 g/mol. The van der Waals surface area contributed by atoms with E-state index in [4.69, 9.17) is 15.2 Å². The third-order valence-corrected chi connectivity index (χ3v) is 11.0. The molecule has 0 radical (unpaired) electrons. The Balaban J connectivity index is 0.000000726. The van der Waals surface area contributed by atoms with Gasteiger partial charge >= 0.3 is 33.9 Å². The molecular formula is C34H36ClF3N2O2P2Pd. The molecule has 0 saturated heterocycles. The van der Waals surface area contributed by atoms with E-state index in [-0.39, 0.29) is 5.54 Å². The van der Waals surface area contributed by atoms with Gasteiger partial charge < -0.3 is 9.90 Å². The van der Waals surface area contributed by atoms with Gasteiger partial charge in [-0.15, -0.1) is 0 Å². The van der Waals surface area contributed by atoms with Gasteiger partial charge in [-0.1, -0.05) is 121 Å². The molecule has 4 aromatic carbocycles. The van der Waals surface area contributed by atoms with E-state index in [2.05, 4.69) is 175 Å². The zero-order valence-electron chi connectivity index (χ0n) is 25.4. The normalized spacial score (nSPS) is 10.8. The minimum absolute atomic E-state index is 0.0638. The van der Waals surface area contributed by atoms with Gasteiger partial charge in [0.25, 0.3) is 0 Å². The van der Waals surface area contributed by atoms with Crippen molar-refractivity contribution < 1.29 is 41.3 Å². The minimum atomic E-state index is -5.19. The fourth-order valence-electron chi connectivity index (χ4n) is 3.87. The monoisotopic (exact) mass is 764 g/mol. The molecule has 11 heteroatoms. The van der Waals surface area contributed by atoms with Crippen molar-refractivity contribution in [2.24, 2.45) is 0 Å². The molecule has 0 atom stereocenters. The molecule has 4 nitrogen and oxygen atoms in total. The number of nitriles is 1. The molecule has 0 unspecified atom stereocenters. The van der Waals surface area contributed by atoms with Crippen molar-refractivity contribution in [2.45, 2.75) is 39.4 Å². The molecule has 0 bridgehead atoms. The second-order valence-corrected chi connectivity index (χ2v) is 14.5. The van der Waals surface area contributed by atoms with Crippen LogP contribution in [0.5, 0.6) is 0 Å². The fourth-order valence-corrected chi connectivity index (χ4v) is 9.13. The van der Waals surface area contributed by atoms with Crippen LogP contribution in [0.2, 0.25) is 0 Å². The van der Waals surface area contributed by atoms with Crippen LogP contribution in [0.25, 0.3) is 0 Å². The fraction of sp³-hybridized carbons (Fsp3) is 0.235. The Morgan fingerprint density at radius 2 is 0.911 bits per heavy atom. The molecule has 242 valence electrons. The van der Waals surface area contributed by atoms with Gasteiger partial charge in [0.1, 0.15) is 5.97 Å².